The summed E-state index contributed by atoms with van der Waals surface area (Å²) in [4.78, 5) is 0. The SMILES string of the molecule is CCCN(C1(CN)CCCCCC1)S(=O)(=O)CC(C)(C)C. The molecule has 0 aromatic rings. The van der Waals surface area contributed by atoms with Gasteiger partial charge in [-0.1, -0.05) is 53.4 Å². The first kappa shape index (κ1) is 18.9. The molecule has 0 radical (unpaired) electrons. The lowest BCUT2D eigenvalue weighted by Gasteiger charge is -2.43. The number of nitrogens with two attached hydrogens (primary N) is 1. The van der Waals surface area contributed by atoms with Crippen LogP contribution in [0.3, 0.4) is 0 Å². The molecule has 1 aliphatic rings. The fraction of sp³-hybridized carbons (Fsp3) is 1.00. The topological polar surface area (TPSA) is 63.4 Å². The molecule has 0 spiro atoms. The van der Waals surface area contributed by atoms with E-state index in [1.54, 1.807) is 4.31 Å². The van der Waals surface area contributed by atoms with E-state index in [9.17, 15) is 8.42 Å². The van der Waals surface area contributed by atoms with Gasteiger partial charge in [0.15, 0.2) is 0 Å². The highest BCUT2D eigenvalue weighted by molar-refractivity contribution is 7.89. The van der Waals surface area contributed by atoms with Crippen molar-refractivity contribution in [2.45, 2.75) is 78.2 Å². The third kappa shape index (κ3) is 5.22. The molecule has 0 saturated heterocycles. The van der Waals surface area contributed by atoms with Crippen LogP contribution >= 0.6 is 0 Å². The second-order valence-corrected chi connectivity index (χ2v) is 9.62. The smallest absolute Gasteiger partial charge is 0.215 e. The largest absolute Gasteiger partial charge is 0.329 e. The van der Waals surface area contributed by atoms with Gasteiger partial charge in [-0.05, 0) is 24.7 Å². The zero-order chi connectivity index (χ0) is 16.1. The second kappa shape index (κ2) is 7.42. The van der Waals surface area contributed by atoms with E-state index in [4.69, 9.17) is 5.73 Å². The van der Waals surface area contributed by atoms with E-state index >= 15 is 0 Å². The van der Waals surface area contributed by atoms with Gasteiger partial charge in [-0.25, -0.2) is 8.42 Å². The van der Waals surface area contributed by atoms with Gasteiger partial charge in [-0.2, -0.15) is 4.31 Å². The van der Waals surface area contributed by atoms with Crippen LogP contribution in [0.4, 0.5) is 0 Å². The van der Waals surface area contributed by atoms with Gasteiger partial charge in [0.2, 0.25) is 10.0 Å². The Labute approximate surface area is 131 Å². The number of nitrogens with zero attached hydrogens (tertiary/aromatic N) is 1. The highest BCUT2D eigenvalue weighted by Crippen LogP contribution is 2.35. The lowest BCUT2D eigenvalue weighted by atomic mass is 9.90. The van der Waals surface area contributed by atoms with Gasteiger partial charge in [0.1, 0.15) is 0 Å². The molecular weight excluding hydrogens is 284 g/mol. The van der Waals surface area contributed by atoms with Crippen molar-refractivity contribution < 1.29 is 8.42 Å². The van der Waals surface area contributed by atoms with E-state index < -0.39 is 10.0 Å². The minimum absolute atomic E-state index is 0.196. The van der Waals surface area contributed by atoms with E-state index in [1.807, 2.05) is 27.7 Å². The third-order valence-corrected chi connectivity index (χ3v) is 6.79. The molecule has 0 amide bonds. The Morgan fingerprint density at radius 3 is 2.00 bits per heavy atom. The molecule has 0 aromatic heterocycles. The van der Waals surface area contributed by atoms with Crippen molar-refractivity contribution in [2.75, 3.05) is 18.8 Å². The number of sulfonamides is 1. The summed E-state index contributed by atoms with van der Waals surface area (Å²) in [6, 6.07) is 0. The third-order valence-electron chi connectivity index (χ3n) is 4.32. The van der Waals surface area contributed by atoms with E-state index in [2.05, 4.69) is 0 Å². The predicted octanol–water partition coefficient (Wildman–Crippen LogP) is 3.13. The maximum atomic E-state index is 13.0. The van der Waals surface area contributed by atoms with Gasteiger partial charge in [0, 0.05) is 18.6 Å². The fourth-order valence-corrected chi connectivity index (χ4v) is 6.00. The van der Waals surface area contributed by atoms with Gasteiger partial charge in [-0.3, -0.25) is 0 Å². The summed E-state index contributed by atoms with van der Waals surface area (Å²) in [6.45, 7) is 9.02. The average Bonchev–Trinajstić information content (AvgIpc) is 2.59. The molecule has 0 aliphatic heterocycles. The van der Waals surface area contributed by atoms with Gasteiger partial charge in [-0.15, -0.1) is 0 Å². The van der Waals surface area contributed by atoms with Gasteiger partial charge in [0.05, 0.1) is 5.75 Å². The Morgan fingerprint density at radius 2 is 1.62 bits per heavy atom. The van der Waals surface area contributed by atoms with Crippen LogP contribution in [0, 0.1) is 5.41 Å². The molecule has 126 valence electrons. The number of hydrogen-bond donors (Lipinski definition) is 1. The molecule has 1 rings (SSSR count). The Hall–Kier alpha value is -0.130. The summed E-state index contributed by atoms with van der Waals surface area (Å²) < 4.78 is 27.7. The van der Waals surface area contributed by atoms with Crippen LogP contribution in [0.2, 0.25) is 0 Å². The van der Waals surface area contributed by atoms with Gasteiger partial charge in [0.25, 0.3) is 0 Å². The normalized spacial score (nSPS) is 20.5. The second-order valence-electron chi connectivity index (χ2n) is 7.73. The monoisotopic (exact) mass is 318 g/mol. The van der Waals surface area contributed by atoms with Crippen LogP contribution in [0.15, 0.2) is 0 Å². The van der Waals surface area contributed by atoms with Gasteiger partial charge >= 0.3 is 0 Å². The molecule has 1 aliphatic carbocycles. The Bertz CT molecular complexity index is 404. The molecule has 21 heavy (non-hydrogen) atoms. The lowest BCUT2D eigenvalue weighted by molar-refractivity contribution is 0.166. The highest BCUT2D eigenvalue weighted by atomic mass is 32.2. The Kier molecular flexibility index (Phi) is 6.69. The first-order chi connectivity index (χ1) is 9.67. The van der Waals surface area contributed by atoms with Crippen LogP contribution in [0.25, 0.3) is 0 Å². The molecule has 1 saturated carbocycles. The first-order valence-electron chi connectivity index (χ1n) is 8.37. The highest BCUT2D eigenvalue weighted by Gasteiger charge is 2.43. The average molecular weight is 319 g/mol. The number of hydrogen-bond acceptors (Lipinski definition) is 3. The van der Waals surface area contributed by atoms with Gasteiger partial charge < -0.3 is 5.73 Å². The quantitative estimate of drug-likeness (QED) is 0.765. The minimum atomic E-state index is -3.28. The molecule has 4 nitrogen and oxygen atoms in total. The number of rotatable bonds is 6. The minimum Gasteiger partial charge on any atom is -0.329 e. The van der Waals surface area contributed by atoms with Crippen molar-refractivity contribution in [3.63, 3.8) is 0 Å². The predicted molar refractivity (Wildman–Crippen MR) is 89.7 cm³/mol. The van der Waals surface area contributed by atoms with E-state index in [0.29, 0.717) is 13.1 Å². The standard InChI is InChI=1S/C16H34N2O2S/c1-5-12-18(21(19,20)14-15(2,3)4)16(13-17)10-8-6-7-9-11-16/h5-14,17H2,1-4H3. The van der Waals surface area contributed by atoms with Crippen LogP contribution in [-0.2, 0) is 10.0 Å². The van der Waals surface area contributed by atoms with Crippen molar-refractivity contribution in [2.24, 2.45) is 11.1 Å². The van der Waals surface area contributed by atoms with Crippen LogP contribution in [0.5, 0.6) is 0 Å². The lowest BCUT2D eigenvalue weighted by Crippen LogP contribution is -2.57. The summed E-state index contributed by atoms with van der Waals surface area (Å²) in [5.74, 6) is 0.196. The summed E-state index contributed by atoms with van der Waals surface area (Å²) in [5, 5.41) is 0. The van der Waals surface area contributed by atoms with Crippen molar-refractivity contribution >= 4 is 10.0 Å². The zero-order valence-electron chi connectivity index (χ0n) is 14.3. The zero-order valence-corrected chi connectivity index (χ0v) is 15.1. The molecule has 0 heterocycles. The summed E-state index contributed by atoms with van der Waals surface area (Å²) in [6.07, 6.45) is 7.22. The molecule has 0 aromatic carbocycles. The molecule has 0 bridgehead atoms. The maximum absolute atomic E-state index is 13.0. The van der Waals surface area contributed by atoms with E-state index in [1.165, 1.54) is 12.8 Å². The molecule has 5 heteroatoms. The Morgan fingerprint density at radius 1 is 1.10 bits per heavy atom. The van der Waals surface area contributed by atoms with Crippen molar-refractivity contribution in [1.82, 2.24) is 4.31 Å². The fourth-order valence-electron chi connectivity index (χ4n) is 3.44. The molecular formula is C16H34N2O2S. The first-order valence-corrected chi connectivity index (χ1v) is 9.98. The van der Waals surface area contributed by atoms with Crippen molar-refractivity contribution in [3.8, 4) is 0 Å². The molecule has 0 unspecified atom stereocenters. The van der Waals surface area contributed by atoms with Crippen LogP contribution in [0.1, 0.15) is 72.6 Å². The summed E-state index contributed by atoms with van der Waals surface area (Å²) in [5.41, 5.74) is 5.51. The van der Waals surface area contributed by atoms with Crippen molar-refractivity contribution in [3.05, 3.63) is 0 Å². The van der Waals surface area contributed by atoms with Crippen LogP contribution < -0.4 is 5.73 Å². The maximum Gasteiger partial charge on any atom is 0.215 e. The molecule has 0 atom stereocenters. The van der Waals surface area contributed by atoms with Crippen LogP contribution in [-0.4, -0.2) is 37.1 Å². The summed E-state index contributed by atoms with van der Waals surface area (Å²) in [7, 11) is -3.28. The van der Waals surface area contributed by atoms with E-state index in [0.717, 1.165) is 32.1 Å². The van der Waals surface area contributed by atoms with E-state index in [-0.39, 0.29) is 16.7 Å². The molecule has 2 N–H and O–H groups in total. The van der Waals surface area contributed by atoms with Crippen molar-refractivity contribution in [1.29, 1.82) is 0 Å². The molecule has 1 fully saturated rings. The summed E-state index contributed by atoms with van der Waals surface area (Å²) >= 11 is 0. The Balaban J connectivity index is 3.12.